The third-order valence-corrected chi connectivity index (χ3v) is 2.29. The van der Waals surface area contributed by atoms with Crippen molar-refractivity contribution in [3.05, 3.63) is 29.8 Å². The number of rotatable bonds is 5. The first-order valence-corrected chi connectivity index (χ1v) is 6.03. The molecule has 1 rings (SSSR count). The third kappa shape index (κ3) is 5.67. The molecule has 6 heteroatoms. The highest BCUT2D eigenvalue weighted by Gasteiger charge is 2.10. The molecule has 102 valence electrons. The number of phenolic OH excluding ortho intramolecular Hbond substituents is 1. The number of carbonyl (C=O) groups excluding carboxylic acids is 2. The van der Waals surface area contributed by atoms with Gasteiger partial charge in [0, 0.05) is 6.54 Å². The van der Waals surface area contributed by atoms with Gasteiger partial charge >= 0.3 is 11.8 Å². The molecule has 1 aromatic rings. The largest absolute Gasteiger partial charge is 0.508 e. The van der Waals surface area contributed by atoms with E-state index >= 15 is 0 Å². The molecule has 3 N–H and O–H groups in total. The Morgan fingerprint density at radius 1 is 1.26 bits per heavy atom. The van der Waals surface area contributed by atoms with Crippen molar-refractivity contribution in [1.82, 2.24) is 10.7 Å². The van der Waals surface area contributed by atoms with E-state index in [0.717, 1.165) is 12.8 Å². The predicted octanol–water partition coefficient (Wildman–Crippen LogP) is 0.759. The average Bonchev–Trinajstić information content (AvgIpc) is 2.41. The summed E-state index contributed by atoms with van der Waals surface area (Å²) in [6, 6.07) is 6.26. The second-order valence-corrected chi connectivity index (χ2v) is 3.90. The fourth-order valence-corrected chi connectivity index (χ4v) is 1.24. The lowest BCUT2D eigenvalue weighted by Crippen LogP contribution is -2.38. The van der Waals surface area contributed by atoms with Gasteiger partial charge in [0.05, 0.1) is 6.21 Å². The Balaban J connectivity index is 2.36. The van der Waals surface area contributed by atoms with E-state index in [9.17, 15) is 9.59 Å². The van der Waals surface area contributed by atoms with Crippen molar-refractivity contribution in [2.75, 3.05) is 6.54 Å². The van der Waals surface area contributed by atoms with Crippen LogP contribution in [0.4, 0.5) is 0 Å². The smallest absolute Gasteiger partial charge is 0.329 e. The zero-order chi connectivity index (χ0) is 14.1. The van der Waals surface area contributed by atoms with Crippen molar-refractivity contribution in [1.29, 1.82) is 0 Å². The molecule has 0 heterocycles. The summed E-state index contributed by atoms with van der Waals surface area (Å²) in [5.41, 5.74) is 2.83. The highest BCUT2D eigenvalue weighted by Crippen LogP contribution is 2.07. The number of hydrogen-bond donors (Lipinski definition) is 3. The molecular weight excluding hydrogens is 246 g/mol. The molecule has 0 spiro atoms. The van der Waals surface area contributed by atoms with Crippen molar-refractivity contribution in [2.24, 2.45) is 5.10 Å². The van der Waals surface area contributed by atoms with Crippen LogP contribution in [0.3, 0.4) is 0 Å². The summed E-state index contributed by atoms with van der Waals surface area (Å²) in [6.45, 7) is 2.47. The van der Waals surface area contributed by atoms with Gasteiger partial charge in [0.1, 0.15) is 5.75 Å². The molecule has 0 saturated carbocycles. The molecule has 2 amide bonds. The summed E-state index contributed by atoms with van der Waals surface area (Å²) in [5, 5.41) is 15.2. The van der Waals surface area contributed by atoms with E-state index in [4.69, 9.17) is 5.11 Å². The number of nitrogens with zero attached hydrogens (tertiary/aromatic N) is 1. The van der Waals surface area contributed by atoms with Crippen molar-refractivity contribution < 1.29 is 14.7 Å². The second kappa shape index (κ2) is 7.86. The normalized spacial score (nSPS) is 10.4. The molecule has 0 fully saturated rings. The first-order valence-electron chi connectivity index (χ1n) is 6.03. The maximum Gasteiger partial charge on any atom is 0.329 e. The molecule has 0 bridgehead atoms. The molecule has 0 aliphatic rings. The van der Waals surface area contributed by atoms with E-state index in [1.807, 2.05) is 6.92 Å². The van der Waals surface area contributed by atoms with E-state index in [1.54, 1.807) is 12.1 Å². The van der Waals surface area contributed by atoms with Crippen LogP contribution in [0.15, 0.2) is 29.4 Å². The zero-order valence-corrected chi connectivity index (χ0v) is 10.7. The van der Waals surface area contributed by atoms with Crippen LogP contribution < -0.4 is 10.7 Å². The summed E-state index contributed by atoms with van der Waals surface area (Å²) >= 11 is 0. The van der Waals surface area contributed by atoms with Crippen molar-refractivity contribution in [3.8, 4) is 5.75 Å². The SMILES string of the molecule is CCCCNC(=O)C(=O)N/N=C/c1ccc(O)cc1. The first-order chi connectivity index (χ1) is 9.13. The molecule has 1 aromatic carbocycles. The number of amides is 2. The summed E-state index contributed by atoms with van der Waals surface area (Å²) in [5.74, 6) is -1.35. The molecule has 0 unspecified atom stereocenters. The van der Waals surface area contributed by atoms with Crippen LogP contribution in [0.1, 0.15) is 25.3 Å². The highest BCUT2D eigenvalue weighted by atomic mass is 16.3. The number of nitrogens with one attached hydrogen (secondary N) is 2. The predicted molar refractivity (Wildman–Crippen MR) is 71.8 cm³/mol. The molecule has 0 radical (unpaired) electrons. The number of phenols is 1. The van der Waals surface area contributed by atoms with Gasteiger partial charge in [-0.25, -0.2) is 5.43 Å². The van der Waals surface area contributed by atoms with Crippen LogP contribution in [0, 0.1) is 0 Å². The molecule has 0 saturated heterocycles. The molecule has 0 aromatic heterocycles. The van der Waals surface area contributed by atoms with Crippen molar-refractivity contribution in [3.63, 3.8) is 0 Å². The number of hydrogen-bond acceptors (Lipinski definition) is 4. The quantitative estimate of drug-likeness (QED) is 0.317. The molecular formula is C13H17N3O3. The Morgan fingerprint density at radius 3 is 2.58 bits per heavy atom. The fourth-order valence-electron chi connectivity index (χ4n) is 1.24. The summed E-state index contributed by atoms with van der Waals surface area (Å²) in [4.78, 5) is 22.6. The standard InChI is InChI=1S/C13H17N3O3/c1-2-3-8-14-12(18)13(19)16-15-9-10-4-6-11(17)7-5-10/h4-7,9,17H,2-3,8H2,1H3,(H,14,18)(H,16,19)/b15-9+. The lowest BCUT2D eigenvalue weighted by atomic mass is 10.2. The molecule has 0 aliphatic carbocycles. The highest BCUT2D eigenvalue weighted by molar-refractivity contribution is 6.35. The van der Waals surface area contributed by atoms with Crippen LogP contribution in [-0.4, -0.2) is 29.7 Å². The van der Waals surface area contributed by atoms with Gasteiger partial charge < -0.3 is 10.4 Å². The van der Waals surface area contributed by atoms with E-state index in [0.29, 0.717) is 12.1 Å². The Bertz CT molecular complexity index is 455. The van der Waals surface area contributed by atoms with Gasteiger partial charge in [0.2, 0.25) is 0 Å². The van der Waals surface area contributed by atoms with Gasteiger partial charge in [-0.05, 0) is 36.2 Å². The van der Waals surface area contributed by atoms with Gasteiger partial charge in [-0.2, -0.15) is 5.10 Å². The summed E-state index contributed by atoms with van der Waals surface area (Å²) in [7, 11) is 0. The summed E-state index contributed by atoms with van der Waals surface area (Å²) in [6.07, 6.45) is 3.16. The summed E-state index contributed by atoms with van der Waals surface area (Å²) < 4.78 is 0. The molecule has 0 atom stereocenters. The van der Waals surface area contributed by atoms with E-state index in [1.165, 1.54) is 18.3 Å². The van der Waals surface area contributed by atoms with Crippen LogP contribution in [0.25, 0.3) is 0 Å². The van der Waals surface area contributed by atoms with E-state index < -0.39 is 11.8 Å². The lowest BCUT2D eigenvalue weighted by Gasteiger charge is -2.02. The Hall–Kier alpha value is -2.37. The van der Waals surface area contributed by atoms with Crippen LogP contribution in [-0.2, 0) is 9.59 Å². The Morgan fingerprint density at radius 2 is 1.95 bits per heavy atom. The number of unbranched alkanes of at least 4 members (excludes halogenated alkanes) is 1. The number of benzene rings is 1. The zero-order valence-electron chi connectivity index (χ0n) is 10.7. The third-order valence-electron chi connectivity index (χ3n) is 2.29. The number of carbonyl (C=O) groups is 2. The van der Waals surface area contributed by atoms with Crippen LogP contribution in [0.2, 0.25) is 0 Å². The van der Waals surface area contributed by atoms with E-state index in [2.05, 4.69) is 15.8 Å². The van der Waals surface area contributed by atoms with Gasteiger partial charge in [0.25, 0.3) is 0 Å². The minimum Gasteiger partial charge on any atom is -0.508 e. The first kappa shape index (κ1) is 14.7. The van der Waals surface area contributed by atoms with Crippen molar-refractivity contribution in [2.45, 2.75) is 19.8 Å². The maximum atomic E-state index is 11.3. The Labute approximate surface area is 111 Å². The lowest BCUT2D eigenvalue weighted by molar-refractivity contribution is -0.139. The minimum absolute atomic E-state index is 0.150. The molecule has 0 aliphatic heterocycles. The van der Waals surface area contributed by atoms with Gasteiger partial charge in [-0.3, -0.25) is 9.59 Å². The van der Waals surface area contributed by atoms with Gasteiger partial charge in [-0.1, -0.05) is 13.3 Å². The minimum atomic E-state index is -0.800. The van der Waals surface area contributed by atoms with E-state index in [-0.39, 0.29) is 5.75 Å². The van der Waals surface area contributed by atoms with Gasteiger partial charge in [-0.15, -0.1) is 0 Å². The number of hydrazone groups is 1. The van der Waals surface area contributed by atoms with Crippen molar-refractivity contribution >= 4 is 18.0 Å². The van der Waals surface area contributed by atoms with Crippen LogP contribution >= 0.6 is 0 Å². The van der Waals surface area contributed by atoms with Gasteiger partial charge in [0.15, 0.2) is 0 Å². The second-order valence-electron chi connectivity index (χ2n) is 3.90. The maximum absolute atomic E-state index is 11.3. The molecule has 19 heavy (non-hydrogen) atoms. The molecule has 6 nitrogen and oxygen atoms in total. The average molecular weight is 263 g/mol. The topological polar surface area (TPSA) is 90.8 Å². The fraction of sp³-hybridized carbons (Fsp3) is 0.308. The van der Waals surface area contributed by atoms with Crippen LogP contribution in [0.5, 0.6) is 5.75 Å². The monoisotopic (exact) mass is 263 g/mol. The Kier molecular flexibility index (Phi) is 6.08. The number of aromatic hydroxyl groups is 1.